The predicted octanol–water partition coefficient (Wildman–Crippen LogP) is 5.25. The van der Waals surface area contributed by atoms with Crippen LogP contribution in [0.25, 0.3) is 0 Å². The third-order valence-electron chi connectivity index (χ3n) is 5.87. The van der Waals surface area contributed by atoms with Gasteiger partial charge in [0.25, 0.3) is 0 Å². The van der Waals surface area contributed by atoms with Crippen LogP contribution in [-0.4, -0.2) is 53.2 Å². The van der Waals surface area contributed by atoms with Gasteiger partial charge in [0, 0.05) is 38.9 Å². The summed E-state index contributed by atoms with van der Waals surface area (Å²) in [6, 6.07) is 11.7. The Morgan fingerprint density at radius 2 is 1.88 bits per heavy atom. The number of rotatable bonds is 6. The molecule has 1 fully saturated rings. The molecule has 2 aliphatic heterocycles. The summed E-state index contributed by atoms with van der Waals surface area (Å²) in [7, 11) is 0. The zero-order valence-electron chi connectivity index (χ0n) is 17.6. The molecule has 0 amide bonds. The highest BCUT2D eigenvalue weighted by atomic mass is 79.9. The van der Waals surface area contributed by atoms with Crippen LogP contribution >= 0.6 is 15.9 Å². The van der Waals surface area contributed by atoms with Gasteiger partial charge in [0.2, 0.25) is 0 Å². The van der Waals surface area contributed by atoms with Crippen molar-refractivity contribution in [2.24, 2.45) is 5.16 Å². The number of carboxylic acids is 1. The van der Waals surface area contributed by atoms with Crippen molar-refractivity contribution in [2.75, 3.05) is 19.7 Å². The summed E-state index contributed by atoms with van der Waals surface area (Å²) >= 11 is 3.29. The Balaban J connectivity index is 1.30. The van der Waals surface area contributed by atoms with E-state index in [-0.39, 0.29) is 16.9 Å². The average Bonchev–Trinajstić information content (AvgIpc) is 3.18. The molecule has 0 aliphatic carbocycles. The fraction of sp³-hybridized carbons (Fsp3) is 0.391. The topological polar surface area (TPSA) is 71.4 Å². The van der Waals surface area contributed by atoms with Crippen molar-refractivity contribution < 1.29 is 32.6 Å². The zero-order chi connectivity index (χ0) is 23.6. The number of benzene rings is 2. The van der Waals surface area contributed by atoms with E-state index < -0.39 is 18.8 Å². The molecule has 0 bridgehead atoms. The molecule has 4 rings (SSSR count). The SMILES string of the molecule is O=C(O)c1ccc(C2=NOC3(CCN(Cc4ccc(OCC(F)(F)F)c(Br)c4)CC3)C2)cc1. The van der Waals surface area contributed by atoms with E-state index in [1.165, 1.54) is 0 Å². The number of nitrogens with zero attached hydrogens (tertiary/aromatic N) is 2. The number of alkyl halides is 3. The van der Waals surface area contributed by atoms with Gasteiger partial charge in [-0.05, 0) is 51.3 Å². The Kier molecular flexibility index (Phi) is 6.67. The van der Waals surface area contributed by atoms with E-state index >= 15 is 0 Å². The number of oxime groups is 1. The Morgan fingerprint density at radius 3 is 2.48 bits per heavy atom. The highest BCUT2D eigenvalue weighted by Crippen LogP contribution is 2.37. The second-order valence-electron chi connectivity index (χ2n) is 8.32. The maximum absolute atomic E-state index is 12.4. The van der Waals surface area contributed by atoms with Gasteiger partial charge >= 0.3 is 12.1 Å². The van der Waals surface area contributed by atoms with Gasteiger partial charge in [-0.15, -0.1) is 0 Å². The molecule has 33 heavy (non-hydrogen) atoms. The Morgan fingerprint density at radius 1 is 1.18 bits per heavy atom. The number of hydrogen-bond acceptors (Lipinski definition) is 5. The molecule has 1 saturated heterocycles. The fourth-order valence-electron chi connectivity index (χ4n) is 4.05. The summed E-state index contributed by atoms with van der Waals surface area (Å²) in [6.07, 6.45) is -2.12. The minimum atomic E-state index is -4.38. The summed E-state index contributed by atoms with van der Waals surface area (Å²) in [4.78, 5) is 19.1. The van der Waals surface area contributed by atoms with E-state index in [4.69, 9.17) is 14.7 Å². The first-order chi connectivity index (χ1) is 15.6. The van der Waals surface area contributed by atoms with Crippen LogP contribution in [0.1, 0.15) is 40.7 Å². The first kappa shape index (κ1) is 23.6. The Bertz CT molecular complexity index is 1050. The van der Waals surface area contributed by atoms with Crippen LogP contribution < -0.4 is 4.74 Å². The molecule has 2 aromatic carbocycles. The number of hydrogen-bond donors (Lipinski definition) is 1. The van der Waals surface area contributed by atoms with Gasteiger partial charge in [0.15, 0.2) is 6.61 Å². The maximum atomic E-state index is 12.4. The maximum Gasteiger partial charge on any atom is 0.422 e. The van der Waals surface area contributed by atoms with Crippen LogP contribution in [0.5, 0.6) is 5.75 Å². The van der Waals surface area contributed by atoms with Gasteiger partial charge in [-0.2, -0.15) is 13.2 Å². The molecule has 0 radical (unpaired) electrons. The van der Waals surface area contributed by atoms with Gasteiger partial charge in [-0.25, -0.2) is 4.79 Å². The highest BCUT2D eigenvalue weighted by Gasteiger charge is 2.42. The van der Waals surface area contributed by atoms with E-state index in [1.807, 2.05) is 0 Å². The van der Waals surface area contributed by atoms with E-state index in [1.54, 1.807) is 42.5 Å². The molecule has 176 valence electrons. The molecule has 2 heterocycles. The van der Waals surface area contributed by atoms with Crippen LogP contribution in [0.4, 0.5) is 13.2 Å². The second-order valence-corrected chi connectivity index (χ2v) is 9.17. The average molecular weight is 527 g/mol. The summed E-state index contributed by atoms with van der Waals surface area (Å²) in [6.45, 7) is 0.931. The summed E-state index contributed by atoms with van der Waals surface area (Å²) in [5, 5.41) is 13.3. The van der Waals surface area contributed by atoms with Crippen LogP contribution in [-0.2, 0) is 11.4 Å². The van der Waals surface area contributed by atoms with Gasteiger partial charge < -0.3 is 14.7 Å². The van der Waals surface area contributed by atoms with Gasteiger partial charge in [-0.1, -0.05) is 23.4 Å². The third kappa shape index (κ3) is 5.86. The standard InChI is InChI=1S/C23H22BrF3N2O4/c24-18-11-15(1-6-20(18)32-14-23(25,26)27)13-29-9-7-22(8-10-29)12-19(28-33-22)16-2-4-17(5-3-16)21(30)31/h1-6,11H,7-10,12-14H2,(H,30,31). The number of ether oxygens (including phenoxy) is 1. The second kappa shape index (κ2) is 9.34. The molecule has 10 heteroatoms. The Hall–Kier alpha value is -2.59. The summed E-state index contributed by atoms with van der Waals surface area (Å²) in [5.41, 5.74) is 2.52. The van der Waals surface area contributed by atoms with Gasteiger partial charge in [0.1, 0.15) is 11.4 Å². The monoisotopic (exact) mass is 526 g/mol. The smallest absolute Gasteiger partial charge is 0.422 e. The lowest BCUT2D eigenvalue weighted by molar-refractivity contribution is -0.153. The van der Waals surface area contributed by atoms with Crippen LogP contribution in [0, 0.1) is 0 Å². The molecule has 2 aliphatic rings. The lowest BCUT2D eigenvalue weighted by Gasteiger charge is -2.37. The number of piperidine rings is 1. The van der Waals surface area contributed by atoms with E-state index in [0.717, 1.165) is 42.8 Å². The van der Waals surface area contributed by atoms with Crippen molar-refractivity contribution in [3.63, 3.8) is 0 Å². The zero-order valence-corrected chi connectivity index (χ0v) is 19.2. The Labute approximate surface area is 197 Å². The molecule has 6 nitrogen and oxygen atoms in total. The first-order valence-corrected chi connectivity index (χ1v) is 11.2. The molecule has 0 unspecified atom stereocenters. The van der Waals surface area contributed by atoms with Gasteiger partial charge in [0.05, 0.1) is 15.7 Å². The quantitative estimate of drug-likeness (QED) is 0.556. The molecule has 1 N–H and O–H groups in total. The van der Waals surface area contributed by atoms with Crippen molar-refractivity contribution in [1.82, 2.24) is 4.90 Å². The van der Waals surface area contributed by atoms with E-state index in [2.05, 4.69) is 26.0 Å². The lowest BCUT2D eigenvalue weighted by atomic mass is 9.85. The molecule has 2 aromatic rings. The third-order valence-corrected chi connectivity index (χ3v) is 6.48. The highest BCUT2D eigenvalue weighted by molar-refractivity contribution is 9.10. The number of carbonyl (C=O) groups is 1. The number of carboxylic acid groups (broad SMARTS) is 1. The summed E-state index contributed by atoms with van der Waals surface area (Å²) < 4.78 is 42.4. The van der Waals surface area contributed by atoms with Crippen LogP contribution in [0.3, 0.4) is 0 Å². The van der Waals surface area contributed by atoms with Crippen molar-refractivity contribution in [3.8, 4) is 5.75 Å². The predicted molar refractivity (Wildman–Crippen MR) is 119 cm³/mol. The molecular weight excluding hydrogens is 505 g/mol. The minimum absolute atomic E-state index is 0.161. The molecule has 0 saturated carbocycles. The molecule has 0 aromatic heterocycles. The number of aromatic carboxylic acids is 1. The van der Waals surface area contributed by atoms with Gasteiger partial charge in [-0.3, -0.25) is 4.90 Å². The van der Waals surface area contributed by atoms with E-state index in [0.29, 0.717) is 17.4 Å². The molecule has 1 spiro atoms. The van der Waals surface area contributed by atoms with Crippen LogP contribution in [0.2, 0.25) is 0 Å². The summed E-state index contributed by atoms with van der Waals surface area (Å²) in [5.74, 6) is -0.806. The van der Waals surface area contributed by atoms with E-state index in [9.17, 15) is 18.0 Å². The molecule has 0 atom stereocenters. The minimum Gasteiger partial charge on any atom is -0.483 e. The lowest BCUT2D eigenvalue weighted by Crippen LogP contribution is -2.44. The normalized spacial score (nSPS) is 18.1. The van der Waals surface area contributed by atoms with Crippen molar-refractivity contribution in [3.05, 3.63) is 63.6 Å². The van der Waals surface area contributed by atoms with Crippen molar-refractivity contribution >= 4 is 27.6 Å². The number of halogens is 4. The van der Waals surface area contributed by atoms with Crippen molar-refractivity contribution in [2.45, 2.75) is 37.6 Å². The molecular formula is C23H22BrF3N2O4. The largest absolute Gasteiger partial charge is 0.483 e. The first-order valence-electron chi connectivity index (χ1n) is 10.4. The number of likely N-dealkylation sites (tertiary alicyclic amines) is 1. The van der Waals surface area contributed by atoms with Crippen LogP contribution in [0.15, 0.2) is 52.1 Å². The fourth-order valence-corrected chi connectivity index (χ4v) is 4.59. The van der Waals surface area contributed by atoms with Crippen molar-refractivity contribution in [1.29, 1.82) is 0 Å².